The number of hydrogen-bond donors (Lipinski definition) is 1. The number of halogens is 1. The van der Waals surface area contributed by atoms with Crippen molar-refractivity contribution in [3.05, 3.63) is 52.0 Å². The van der Waals surface area contributed by atoms with Crippen molar-refractivity contribution >= 4 is 40.7 Å². The average Bonchev–Trinajstić information content (AvgIpc) is 3.49. The Balaban J connectivity index is 1.57. The van der Waals surface area contributed by atoms with Crippen molar-refractivity contribution in [2.45, 2.75) is 38.3 Å². The summed E-state index contributed by atoms with van der Waals surface area (Å²) in [6.45, 7) is 4.66. The SMILES string of the molecule is COc1ccc(Cl)cc1N1C(=O)[C@H]2[C@@H](C1=O)[C@@]1(C(=O)Nc3c1ccc(C)c3C)N1CCC[C@@H]21. The summed E-state index contributed by atoms with van der Waals surface area (Å²) >= 11 is 6.22. The van der Waals surface area contributed by atoms with E-state index < -0.39 is 17.4 Å². The van der Waals surface area contributed by atoms with Gasteiger partial charge in [0.15, 0.2) is 0 Å². The number of rotatable bonds is 2. The minimum absolute atomic E-state index is 0.167. The standard InChI is InChI=1S/C25H24ClN3O4/c1-12-6-8-15-21(13(12)2)27-24(32)25(15)20-19(16-5-4-10-28(16)25)22(30)29(23(20)31)17-11-14(26)7-9-18(17)33-3/h6-9,11,16,19-20H,4-5,10H2,1-3H3,(H,27,32)/t16-,19+,20-,25-/m0/s1. The van der Waals surface area contributed by atoms with Gasteiger partial charge in [-0.15, -0.1) is 0 Å². The number of fused-ring (bicyclic) bond motifs is 7. The van der Waals surface area contributed by atoms with Gasteiger partial charge in [0, 0.05) is 22.3 Å². The van der Waals surface area contributed by atoms with Gasteiger partial charge in [0.2, 0.25) is 17.7 Å². The zero-order valence-corrected chi connectivity index (χ0v) is 19.4. The Morgan fingerprint density at radius 3 is 2.67 bits per heavy atom. The van der Waals surface area contributed by atoms with Crippen LogP contribution >= 0.6 is 11.6 Å². The number of ether oxygens (including phenoxy) is 1. The van der Waals surface area contributed by atoms with Crippen molar-refractivity contribution in [3.8, 4) is 5.75 Å². The number of hydrogen-bond acceptors (Lipinski definition) is 5. The molecule has 8 heteroatoms. The molecular formula is C25H24ClN3O4. The maximum Gasteiger partial charge on any atom is 0.250 e. The lowest BCUT2D eigenvalue weighted by atomic mass is 9.75. The molecular weight excluding hydrogens is 442 g/mol. The molecule has 3 fully saturated rings. The van der Waals surface area contributed by atoms with Gasteiger partial charge in [-0.2, -0.15) is 0 Å². The Morgan fingerprint density at radius 2 is 1.91 bits per heavy atom. The van der Waals surface area contributed by atoms with Crippen molar-refractivity contribution in [2.75, 3.05) is 23.9 Å². The Morgan fingerprint density at radius 1 is 1.12 bits per heavy atom. The van der Waals surface area contributed by atoms with Crippen LogP contribution in [-0.2, 0) is 19.9 Å². The van der Waals surface area contributed by atoms with Gasteiger partial charge in [-0.1, -0.05) is 23.7 Å². The third-order valence-electron chi connectivity index (χ3n) is 8.08. The maximum atomic E-state index is 14.1. The molecule has 2 aromatic carbocycles. The molecule has 4 aliphatic heterocycles. The molecule has 170 valence electrons. The second-order valence-electron chi connectivity index (χ2n) is 9.39. The highest BCUT2D eigenvalue weighted by molar-refractivity contribution is 6.32. The number of amides is 3. The van der Waals surface area contributed by atoms with E-state index in [2.05, 4.69) is 10.2 Å². The van der Waals surface area contributed by atoms with E-state index in [-0.39, 0.29) is 23.8 Å². The largest absolute Gasteiger partial charge is 0.495 e. The number of nitrogens with one attached hydrogen (secondary N) is 1. The quantitative estimate of drug-likeness (QED) is 0.688. The summed E-state index contributed by atoms with van der Waals surface area (Å²) in [4.78, 5) is 45.0. The van der Waals surface area contributed by atoms with Crippen LogP contribution in [0, 0.1) is 25.7 Å². The van der Waals surface area contributed by atoms with Gasteiger partial charge in [-0.25, -0.2) is 4.90 Å². The van der Waals surface area contributed by atoms with Crippen LogP contribution in [0.15, 0.2) is 30.3 Å². The van der Waals surface area contributed by atoms with E-state index in [0.29, 0.717) is 23.0 Å². The van der Waals surface area contributed by atoms with Crippen LogP contribution in [0.4, 0.5) is 11.4 Å². The summed E-state index contributed by atoms with van der Waals surface area (Å²) in [6.07, 6.45) is 1.65. The van der Waals surface area contributed by atoms with Crippen LogP contribution in [0.1, 0.15) is 29.5 Å². The van der Waals surface area contributed by atoms with Crippen molar-refractivity contribution in [2.24, 2.45) is 11.8 Å². The van der Waals surface area contributed by atoms with Gasteiger partial charge in [0.05, 0.1) is 24.6 Å². The summed E-state index contributed by atoms with van der Waals surface area (Å²) < 4.78 is 5.45. The van der Waals surface area contributed by atoms with Crippen LogP contribution in [0.5, 0.6) is 5.75 Å². The van der Waals surface area contributed by atoms with Crippen LogP contribution < -0.4 is 15.0 Å². The fraction of sp³-hybridized carbons (Fsp3) is 0.400. The lowest BCUT2D eigenvalue weighted by Gasteiger charge is -2.36. The molecule has 2 aromatic rings. The zero-order chi connectivity index (χ0) is 23.2. The average molecular weight is 466 g/mol. The molecule has 0 radical (unpaired) electrons. The molecule has 3 saturated heterocycles. The highest BCUT2D eigenvalue weighted by atomic mass is 35.5. The van der Waals surface area contributed by atoms with Crippen LogP contribution in [0.3, 0.4) is 0 Å². The van der Waals surface area contributed by atoms with Gasteiger partial charge in [-0.05, 0) is 62.6 Å². The summed E-state index contributed by atoms with van der Waals surface area (Å²) in [6, 6.07) is 8.66. The van der Waals surface area contributed by atoms with Crippen molar-refractivity contribution in [3.63, 3.8) is 0 Å². The van der Waals surface area contributed by atoms with Crippen LogP contribution in [0.2, 0.25) is 5.02 Å². The summed E-state index contributed by atoms with van der Waals surface area (Å²) in [5.41, 5.74) is 2.77. The predicted octanol–water partition coefficient (Wildman–Crippen LogP) is 3.40. The van der Waals surface area contributed by atoms with Gasteiger partial charge in [0.25, 0.3) is 0 Å². The molecule has 4 atom stereocenters. The molecule has 4 aliphatic rings. The predicted molar refractivity (Wildman–Crippen MR) is 123 cm³/mol. The van der Waals surface area contributed by atoms with Gasteiger partial charge in [-0.3, -0.25) is 19.3 Å². The first-order valence-corrected chi connectivity index (χ1v) is 11.6. The van der Waals surface area contributed by atoms with Crippen LogP contribution in [0.25, 0.3) is 0 Å². The Bertz CT molecular complexity index is 1260. The Kier molecular flexibility index (Phi) is 4.27. The van der Waals surface area contributed by atoms with E-state index in [1.807, 2.05) is 26.0 Å². The second kappa shape index (κ2) is 6.81. The highest BCUT2D eigenvalue weighted by Crippen LogP contribution is 2.61. The molecule has 3 amide bonds. The lowest BCUT2D eigenvalue weighted by Crippen LogP contribution is -2.54. The smallest absolute Gasteiger partial charge is 0.250 e. The van der Waals surface area contributed by atoms with E-state index in [9.17, 15) is 14.4 Å². The van der Waals surface area contributed by atoms with Crippen LogP contribution in [-0.4, -0.2) is 42.3 Å². The molecule has 0 bridgehead atoms. The first-order valence-electron chi connectivity index (χ1n) is 11.2. The van der Waals surface area contributed by atoms with E-state index in [4.69, 9.17) is 16.3 Å². The van der Waals surface area contributed by atoms with E-state index in [0.717, 1.165) is 35.2 Å². The molecule has 1 N–H and O–H groups in total. The summed E-state index contributed by atoms with van der Waals surface area (Å²) in [7, 11) is 1.49. The molecule has 4 heterocycles. The number of carbonyl (C=O) groups excluding carboxylic acids is 3. The first-order chi connectivity index (χ1) is 15.8. The van der Waals surface area contributed by atoms with Crippen molar-refractivity contribution in [1.82, 2.24) is 4.90 Å². The van der Waals surface area contributed by atoms with E-state index in [1.54, 1.807) is 18.2 Å². The fourth-order valence-electron chi connectivity index (χ4n) is 6.60. The first kappa shape index (κ1) is 20.7. The lowest BCUT2D eigenvalue weighted by molar-refractivity contribution is -0.135. The van der Waals surface area contributed by atoms with E-state index >= 15 is 0 Å². The molecule has 7 nitrogen and oxygen atoms in total. The molecule has 0 aliphatic carbocycles. The number of imide groups is 1. The summed E-state index contributed by atoms with van der Waals surface area (Å²) in [5, 5.41) is 3.48. The number of benzene rings is 2. The Hall–Kier alpha value is -2.90. The minimum atomic E-state index is -1.19. The molecule has 0 unspecified atom stereocenters. The number of carbonyl (C=O) groups is 3. The van der Waals surface area contributed by atoms with Gasteiger partial charge < -0.3 is 10.1 Å². The summed E-state index contributed by atoms with van der Waals surface area (Å²) in [5.74, 6) is -1.89. The van der Waals surface area contributed by atoms with Crippen molar-refractivity contribution < 1.29 is 19.1 Å². The molecule has 0 aromatic heterocycles. The maximum absolute atomic E-state index is 14.1. The fourth-order valence-corrected chi connectivity index (χ4v) is 6.76. The number of anilines is 2. The van der Waals surface area contributed by atoms with E-state index in [1.165, 1.54) is 12.0 Å². The van der Waals surface area contributed by atoms with Gasteiger partial charge in [0.1, 0.15) is 11.3 Å². The number of methoxy groups -OCH3 is 1. The third-order valence-corrected chi connectivity index (χ3v) is 8.32. The topological polar surface area (TPSA) is 78.9 Å². The third kappa shape index (κ3) is 2.36. The van der Waals surface area contributed by atoms with Crippen molar-refractivity contribution in [1.29, 1.82) is 0 Å². The molecule has 1 spiro atoms. The highest BCUT2D eigenvalue weighted by Gasteiger charge is 2.74. The monoisotopic (exact) mass is 465 g/mol. The Labute approximate surface area is 196 Å². The number of nitrogens with zero attached hydrogens (tertiary/aromatic N) is 2. The normalized spacial score (nSPS) is 30.1. The minimum Gasteiger partial charge on any atom is -0.495 e. The zero-order valence-electron chi connectivity index (χ0n) is 18.6. The molecule has 33 heavy (non-hydrogen) atoms. The second-order valence-corrected chi connectivity index (χ2v) is 9.82. The molecule has 6 rings (SSSR count). The number of aryl methyl sites for hydroxylation is 1. The van der Waals surface area contributed by atoms with Gasteiger partial charge >= 0.3 is 0 Å². The molecule has 0 saturated carbocycles.